The molecule has 1 aromatic rings. The summed E-state index contributed by atoms with van der Waals surface area (Å²) in [7, 11) is 4.23. The van der Waals surface area contributed by atoms with Gasteiger partial charge in [-0.3, -0.25) is 0 Å². The van der Waals surface area contributed by atoms with Crippen molar-refractivity contribution in [1.82, 2.24) is 15.2 Å². The summed E-state index contributed by atoms with van der Waals surface area (Å²) in [4.78, 5) is 8.53. The summed E-state index contributed by atoms with van der Waals surface area (Å²) in [6, 6.07) is 0. The van der Waals surface area contributed by atoms with E-state index in [2.05, 4.69) is 58.9 Å². The van der Waals surface area contributed by atoms with E-state index in [1.807, 2.05) is 11.3 Å². The van der Waals surface area contributed by atoms with Gasteiger partial charge in [-0.1, -0.05) is 34.6 Å². The van der Waals surface area contributed by atoms with Crippen LogP contribution in [-0.4, -0.2) is 37.1 Å². The minimum Gasteiger partial charge on any atom is -0.312 e. The Labute approximate surface area is 128 Å². The highest BCUT2D eigenvalue weighted by molar-refractivity contribution is 7.11. The van der Waals surface area contributed by atoms with Gasteiger partial charge >= 0.3 is 0 Å². The predicted octanol–water partition coefficient (Wildman–Crippen LogP) is 3.29. The molecule has 0 aliphatic carbocycles. The molecule has 1 N–H and O–H groups in total. The van der Waals surface area contributed by atoms with Crippen LogP contribution in [0.2, 0.25) is 0 Å². The highest BCUT2D eigenvalue weighted by atomic mass is 32.1. The molecule has 1 aromatic heterocycles. The normalized spacial score (nSPS) is 12.7. The van der Waals surface area contributed by atoms with Gasteiger partial charge in [0.05, 0.1) is 10.7 Å². The molecule has 20 heavy (non-hydrogen) atoms. The van der Waals surface area contributed by atoms with E-state index < -0.39 is 0 Å². The summed E-state index contributed by atoms with van der Waals surface area (Å²) in [5.74, 6) is 0.689. The van der Waals surface area contributed by atoms with Gasteiger partial charge in [-0.15, -0.1) is 11.3 Å². The molecular weight excluding hydrogens is 266 g/mol. The third-order valence-electron chi connectivity index (χ3n) is 3.06. The van der Waals surface area contributed by atoms with E-state index in [0.29, 0.717) is 5.92 Å². The first-order valence-corrected chi connectivity index (χ1v) is 8.36. The van der Waals surface area contributed by atoms with E-state index in [-0.39, 0.29) is 5.41 Å². The molecule has 3 nitrogen and oxygen atoms in total. The first-order chi connectivity index (χ1) is 9.20. The number of likely N-dealkylation sites (N-methyl/N-ethyl adjacent to an activating group) is 1. The molecule has 0 amide bonds. The zero-order chi connectivity index (χ0) is 15.3. The number of nitrogens with zero attached hydrogens (tertiary/aromatic N) is 2. The molecule has 1 heterocycles. The third-order valence-corrected chi connectivity index (χ3v) is 4.18. The van der Waals surface area contributed by atoms with Crippen molar-refractivity contribution >= 4 is 11.3 Å². The standard InChI is InChI=1S/C16H31N3S/c1-12(2)10-17-11-13-15(16(3,4)5)18-14(20-13)8-9-19(6)7/h12,17H,8-11H2,1-7H3. The van der Waals surface area contributed by atoms with E-state index in [4.69, 9.17) is 4.98 Å². The lowest BCUT2D eigenvalue weighted by Gasteiger charge is -2.18. The minimum atomic E-state index is 0.127. The lowest BCUT2D eigenvalue weighted by Crippen LogP contribution is -2.21. The third kappa shape index (κ3) is 5.90. The molecule has 0 spiro atoms. The quantitative estimate of drug-likeness (QED) is 0.837. The Kier molecular flexibility index (Phi) is 6.62. The van der Waals surface area contributed by atoms with Crippen molar-refractivity contribution in [2.45, 2.75) is 53.0 Å². The summed E-state index contributed by atoms with van der Waals surface area (Å²) < 4.78 is 0. The SMILES string of the molecule is CC(C)CNCc1sc(CCN(C)C)nc1C(C)(C)C. The first kappa shape index (κ1) is 17.6. The molecule has 116 valence electrons. The van der Waals surface area contributed by atoms with Crippen LogP contribution in [0.4, 0.5) is 0 Å². The van der Waals surface area contributed by atoms with Gasteiger partial charge < -0.3 is 10.2 Å². The number of rotatable bonds is 7. The zero-order valence-electron chi connectivity index (χ0n) is 14.2. The van der Waals surface area contributed by atoms with Crippen LogP contribution in [0.1, 0.15) is 50.2 Å². The van der Waals surface area contributed by atoms with Crippen molar-refractivity contribution in [3.8, 4) is 0 Å². The highest BCUT2D eigenvalue weighted by Gasteiger charge is 2.22. The largest absolute Gasteiger partial charge is 0.312 e. The van der Waals surface area contributed by atoms with Crippen molar-refractivity contribution in [3.05, 3.63) is 15.6 Å². The van der Waals surface area contributed by atoms with Crippen LogP contribution in [0.25, 0.3) is 0 Å². The number of aromatic nitrogens is 1. The van der Waals surface area contributed by atoms with E-state index in [9.17, 15) is 0 Å². The molecule has 0 atom stereocenters. The highest BCUT2D eigenvalue weighted by Crippen LogP contribution is 2.29. The van der Waals surface area contributed by atoms with Crippen LogP contribution < -0.4 is 5.32 Å². The molecule has 0 aromatic carbocycles. The predicted molar refractivity (Wildman–Crippen MR) is 89.6 cm³/mol. The topological polar surface area (TPSA) is 28.2 Å². The summed E-state index contributed by atoms with van der Waals surface area (Å²) in [6.45, 7) is 14.3. The number of hydrogen-bond donors (Lipinski definition) is 1. The van der Waals surface area contributed by atoms with Crippen LogP contribution in [0.3, 0.4) is 0 Å². The number of nitrogens with one attached hydrogen (secondary N) is 1. The van der Waals surface area contributed by atoms with Crippen LogP contribution >= 0.6 is 11.3 Å². The molecule has 1 rings (SSSR count). The maximum absolute atomic E-state index is 4.90. The molecular formula is C16H31N3S. The Morgan fingerprint density at radius 1 is 1.25 bits per heavy atom. The van der Waals surface area contributed by atoms with Crippen molar-refractivity contribution in [3.63, 3.8) is 0 Å². The smallest absolute Gasteiger partial charge is 0.0944 e. The molecule has 0 radical (unpaired) electrons. The second kappa shape index (κ2) is 7.53. The van der Waals surface area contributed by atoms with Crippen LogP contribution in [0, 0.1) is 5.92 Å². The van der Waals surface area contributed by atoms with E-state index >= 15 is 0 Å². The Morgan fingerprint density at radius 3 is 2.40 bits per heavy atom. The lowest BCUT2D eigenvalue weighted by molar-refractivity contribution is 0.413. The Bertz CT molecular complexity index is 402. The van der Waals surface area contributed by atoms with Crippen LogP contribution in [-0.2, 0) is 18.4 Å². The zero-order valence-corrected chi connectivity index (χ0v) is 15.0. The second-order valence-electron chi connectivity index (χ2n) is 7.21. The van der Waals surface area contributed by atoms with Gasteiger partial charge in [-0.25, -0.2) is 4.98 Å². The molecule has 0 bridgehead atoms. The van der Waals surface area contributed by atoms with Gasteiger partial charge in [0.15, 0.2) is 0 Å². The molecule has 0 aliphatic heterocycles. The Morgan fingerprint density at radius 2 is 1.90 bits per heavy atom. The fraction of sp³-hybridized carbons (Fsp3) is 0.812. The summed E-state index contributed by atoms with van der Waals surface area (Å²) >= 11 is 1.88. The molecule has 0 saturated carbocycles. The average Bonchev–Trinajstić information content (AvgIpc) is 2.69. The monoisotopic (exact) mass is 297 g/mol. The Balaban J connectivity index is 2.78. The van der Waals surface area contributed by atoms with E-state index in [1.54, 1.807) is 0 Å². The van der Waals surface area contributed by atoms with Gasteiger partial charge in [0.25, 0.3) is 0 Å². The summed E-state index contributed by atoms with van der Waals surface area (Å²) in [5.41, 5.74) is 1.40. The minimum absolute atomic E-state index is 0.127. The summed E-state index contributed by atoms with van der Waals surface area (Å²) in [5, 5.41) is 4.82. The van der Waals surface area contributed by atoms with Gasteiger partial charge in [0.1, 0.15) is 0 Å². The molecule has 0 fully saturated rings. The van der Waals surface area contributed by atoms with E-state index in [0.717, 1.165) is 26.1 Å². The fourth-order valence-electron chi connectivity index (χ4n) is 2.01. The van der Waals surface area contributed by atoms with Gasteiger partial charge in [-0.2, -0.15) is 0 Å². The number of thiazole rings is 1. The Hall–Kier alpha value is -0.450. The van der Waals surface area contributed by atoms with Gasteiger partial charge in [0.2, 0.25) is 0 Å². The maximum atomic E-state index is 4.90. The molecule has 0 aliphatic rings. The molecule has 0 saturated heterocycles. The van der Waals surface area contributed by atoms with Crippen molar-refractivity contribution in [2.75, 3.05) is 27.2 Å². The molecule has 0 unspecified atom stereocenters. The van der Waals surface area contributed by atoms with E-state index in [1.165, 1.54) is 15.6 Å². The summed E-state index contributed by atoms with van der Waals surface area (Å²) in [6.07, 6.45) is 1.05. The second-order valence-corrected chi connectivity index (χ2v) is 8.38. The van der Waals surface area contributed by atoms with Crippen molar-refractivity contribution < 1.29 is 0 Å². The number of hydrogen-bond acceptors (Lipinski definition) is 4. The van der Waals surface area contributed by atoms with Crippen LogP contribution in [0.15, 0.2) is 0 Å². The lowest BCUT2D eigenvalue weighted by atomic mass is 9.91. The molecule has 4 heteroatoms. The fourth-order valence-corrected chi connectivity index (χ4v) is 3.24. The van der Waals surface area contributed by atoms with Gasteiger partial charge in [0, 0.05) is 29.8 Å². The van der Waals surface area contributed by atoms with Crippen molar-refractivity contribution in [1.29, 1.82) is 0 Å². The van der Waals surface area contributed by atoms with Crippen molar-refractivity contribution in [2.24, 2.45) is 5.92 Å². The first-order valence-electron chi connectivity index (χ1n) is 7.54. The average molecular weight is 298 g/mol. The maximum Gasteiger partial charge on any atom is 0.0944 e. The van der Waals surface area contributed by atoms with Crippen LogP contribution in [0.5, 0.6) is 0 Å². The van der Waals surface area contributed by atoms with Gasteiger partial charge in [-0.05, 0) is 26.6 Å².